The monoisotopic (exact) mass is 257 g/mol. The average Bonchev–Trinajstić information content (AvgIpc) is 2.72. The summed E-state index contributed by atoms with van der Waals surface area (Å²) in [5.74, 6) is 1.39. The second kappa shape index (κ2) is 4.97. The molecule has 0 spiro atoms. The molecule has 0 saturated heterocycles. The van der Waals surface area contributed by atoms with Crippen LogP contribution in [-0.4, -0.2) is 15.8 Å². The van der Waals surface area contributed by atoms with Gasteiger partial charge in [-0.1, -0.05) is 25.1 Å². The minimum Gasteiger partial charge on any atom is -0.327 e. The van der Waals surface area contributed by atoms with Crippen molar-refractivity contribution in [3.05, 3.63) is 30.0 Å². The third kappa shape index (κ3) is 2.39. The third-order valence-corrected chi connectivity index (χ3v) is 4.59. The van der Waals surface area contributed by atoms with Crippen molar-refractivity contribution in [3.63, 3.8) is 0 Å². The summed E-state index contributed by atoms with van der Waals surface area (Å²) in [6, 6.07) is 8.82. The molecule has 1 heterocycles. The van der Waals surface area contributed by atoms with Crippen molar-refractivity contribution in [1.82, 2.24) is 9.78 Å². The summed E-state index contributed by atoms with van der Waals surface area (Å²) >= 11 is 0. The number of hydrogen-bond donors (Lipinski definition) is 1. The number of rotatable bonds is 2. The minimum atomic E-state index is 0.344. The number of para-hydroxylation sites is 1. The van der Waals surface area contributed by atoms with Crippen molar-refractivity contribution in [3.8, 4) is 0 Å². The van der Waals surface area contributed by atoms with Crippen LogP contribution in [0, 0.1) is 11.8 Å². The molecule has 2 aromatic rings. The van der Waals surface area contributed by atoms with E-state index in [2.05, 4.69) is 31.2 Å². The predicted octanol–water partition coefficient (Wildman–Crippen LogP) is 2.88. The van der Waals surface area contributed by atoms with E-state index in [-0.39, 0.29) is 0 Å². The van der Waals surface area contributed by atoms with Gasteiger partial charge < -0.3 is 5.73 Å². The zero-order valence-electron chi connectivity index (χ0n) is 11.8. The Balaban J connectivity index is 1.88. The van der Waals surface area contributed by atoms with Crippen LogP contribution in [0.15, 0.2) is 24.3 Å². The summed E-state index contributed by atoms with van der Waals surface area (Å²) in [6.45, 7) is 2.34. The van der Waals surface area contributed by atoms with Crippen molar-refractivity contribution in [1.29, 1.82) is 0 Å². The van der Waals surface area contributed by atoms with E-state index in [0.29, 0.717) is 12.0 Å². The summed E-state index contributed by atoms with van der Waals surface area (Å²) in [5, 5.41) is 5.99. The van der Waals surface area contributed by atoms with Crippen LogP contribution in [0.1, 0.15) is 31.9 Å². The molecule has 19 heavy (non-hydrogen) atoms. The molecule has 102 valence electrons. The van der Waals surface area contributed by atoms with Crippen molar-refractivity contribution in [2.45, 2.75) is 38.6 Å². The largest absolute Gasteiger partial charge is 0.327 e. The maximum absolute atomic E-state index is 6.31. The topological polar surface area (TPSA) is 43.8 Å². The number of hydrogen-bond acceptors (Lipinski definition) is 2. The van der Waals surface area contributed by atoms with Gasteiger partial charge in [0.15, 0.2) is 0 Å². The first kappa shape index (κ1) is 12.7. The second-order valence-electron chi connectivity index (χ2n) is 6.13. The van der Waals surface area contributed by atoms with Crippen molar-refractivity contribution < 1.29 is 0 Å². The quantitative estimate of drug-likeness (QED) is 0.899. The summed E-state index contributed by atoms with van der Waals surface area (Å²) in [4.78, 5) is 0. The van der Waals surface area contributed by atoms with Gasteiger partial charge >= 0.3 is 0 Å². The first-order valence-corrected chi connectivity index (χ1v) is 7.31. The number of aryl methyl sites for hydroxylation is 1. The molecular formula is C16H23N3. The number of nitrogens with zero attached hydrogens (tertiary/aromatic N) is 2. The molecule has 0 aliphatic heterocycles. The van der Waals surface area contributed by atoms with E-state index >= 15 is 0 Å². The van der Waals surface area contributed by atoms with Crippen LogP contribution in [0.25, 0.3) is 10.9 Å². The maximum atomic E-state index is 6.31. The fourth-order valence-corrected chi connectivity index (χ4v) is 3.44. The van der Waals surface area contributed by atoms with Crippen LogP contribution in [0.3, 0.4) is 0 Å². The highest BCUT2D eigenvalue weighted by atomic mass is 15.3. The molecule has 3 heteroatoms. The van der Waals surface area contributed by atoms with Gasteiger partial charge in [-0.05, 0) is 43.6 Å². The van der Waals surface area contributed by atoms with Crippen LogP contribution in [0.4, 0.5) is 0 Å². The van der Waals surface area contributed by atoms with Gasteiger partial charge in [-0.15, -0.1) is 0 Å². The van der Waals surface area contributed by atoms with Gasteiger partial charge in [-0.25, -0.2) is 0 Å². The third-order valence-electron chi connectivity index (χ3n) is 4.59. The molecule has 0 bridgehead atoms. The lowest BCUT2D eigenvalue weighted by molar-refractivity contribution is 0.243. The van der Waals surface area contributed by atoms with E-state index in [4.69, 9.17) is 10.8 Å². The highest BCUT2D eigenvalue weighted by Gasteiger charge is 2.27. The van der Waals surface area contributed by atoms with Gasteiger partial charge in [0.1, 0.15) is 0 Å². The van der Waals surface area contributed by atoms with E-state index in [1.807, 2.05) is 11.7 Å². The fraction of sp³-hybridized carbons (Fsp3) is 0.562. The van der Waals surface area contributed by atoms with Crippen LogP contribution in [0.5, 0.6) is 0 Å². The molecule has 1 aromatic carbocycles. The summed E-state index contributed by atoms with van der Waals surface area (Å²) in [7, 11) is 2.02. The molecule has 1 aromatic heterocycles. The SMILES string of the molecule is CC1CCC(N)C(Cc2nn(C)c3ccccc23)C1. The predicted molar refractivity (Wildman–Crippen MR) is 78.9 cm³/mol. The van der Waals surface area contributed by atoms with Crippen LogP contribution < -0.4 is 5.73 Å². The first-order valence-electron chi connectivity index (χ1n) is 7.31. The molecule has 3 atom stereocenters. The molecule has 2 N–H and O–H groups in total. The van der Waals surface area contributed by atoms with E-state index in [9.17, 15) is 0 Å². The highest BCUT2D eigenvalue weighted by Crippen LogP contribution is 2.31. The zero-order chi connectivity index (χ0) is 13.4. The average molecular weight is 257 g/mol. The lowest BCUT2D eigenvalue weighted by atomic mass is 9.77. The molecule has 0 amide bonds. The van der Waals surface area contributed by atoms with E-state index in [1.165, 1.54) is 29.4 Å². The highest BCUT2D eigenvalue weighted by molar-refractivity contribution is 5.81. The summed E-state index contributed by atoms with van der Waals surface area (Å²) < 4.78 is 1.99. The van der Waals surface area contributed by atoms with E-state index < -0.39 is 0 Å². The van der Waals surface area contributed by atoms with Gasteiger partial charge in [0, 0.05) is 18.5 Å². The molecule has 1 fully saturated rings. The Hall–Kier alpha value is -1.35. The Bertz CT molecular complexity index is 572. The molecule has 3 rings (SSSR count). The smallest absolute Gasteiger partial charge is 0.0706 e. The van der Waals surface area contributed by atoms with Crippen LogP contribution in [-0.2, 0) is 13.5 Å². The molecule has 3 unspecified atom stereocenters. The number of nitrogens with two attached hydrogens (primary N) is 1. The van der Waals surface area contributed by atoms with Crippen LogP contribution >= 0.6 is 0 Å². The lowest BCUT2D eigenvalue weighted by Crippen LogP contribution is -2.36. The summed E-state index contributed by atoms with van der Waals surface area (Å²) in [5.41, 5.74) is 8.74. The fourth-order valence-electron chi connectivity index (χ4n) is 3.44. The Kier molecular flexibility index (Phi) is 3.31. The van der Waals surface area contributed by atoms with Crippen molar-refractivity contribution in [2.75, 3.05) is 0 Å². The molecule has 0 radical (unpaired) electrons. The Morgan fingerprint density at radius 3 is 2.95 bits per heavy atom. The zero-order valence-corrected chi connectivity index (χ0v) is 11.8. The number of fused-ring (bicyclic) bond motifs is 1. The Morgan fingerprint density at radius 1 is 1.32 bits per heavy atom. The molecule has 1 saturated carbocycles. The number of aromatic nitrogens is 2. The van der Waals surface area contributed by atoms with Gasteiger partial charge in [0.25, 0.3) is 0 Å². The Labute approximate surface area is 114 Å². The van der Waals surface area contributed by atoms with Crippen molar-refractivity contribution in [2.24, 2.45) is 24.6 Å². The normalized spacial score (nSPS) is 27.8. The van der Waals surface area contributed by atoms with E-state index in [0.717, 1.165) is 18.8 Å². The summed E-state index contributed by atoms with van der Waals surface area (Å²) in [6.07, 6.45) is 4.70. The minimum absolute atomic E-state index is 0.344. The number of benzene rings is 1. The van der Waals surface area contributed by atoms with E-state index in [1.54, 1.807) is 0 Å². The lowest BCUT2D eigenvalue weighted by Gasteiger charge is -2.32. The molecular weight excluding hydrogens is 234 g/mol. The maximum Gasteiger partial charge on any atom is 0.0706 e. The van der Waals surface area contributed by atoms with Gasteiger partial charge in [0.2, 0.25) is 0 Å². The molecule has 3 nitrogen and oxygen atoms in total. The second-order valence-corrected chi connectivity index (χ2v) is 6.13. The van der Waals surface area contributed by atoms with Gasteiger partial charge in [-0.2, -0.15) is 5.10 Å². The van der Waals surface area contributed by atoms with Crippen molar-refractivity contribution >= 4 is 10.9 Å². The standard InChI is InChI=1S/C16H23N3/c1-11-7-8-14(17)12(9-11)10-15-13-5-3-4-6-16(13)19(2)18-15/h3-6,11-12,14H,7-10,17H2,1-2H3. The van der Waals surface area contributed by atoms with Gasteiger partial charge in [-0.3, -0.25) is 4.68 Å². The molecule has 1 aliphatic carbocycles. The first-order chi connectivity index (χ1) is 9.15. The Morgan fingerprint density at radius 2 is 2.11 bits per heavy atom. The van der Waals surface area contributed by atoms with Crippen LogP contribution in [0.2, 0.25) is 0 Å². The molecule has 1 aliphatic rings. The van der Waals surface area contributed by atoms with Gasteiger partial charge in [0.05, 0.1) is 11.2 Å².